The van der Waals surface area contributed by atoms with E-state index >= 15 is 0 Å². The second-order valence-electron chi connectivity index (χ2n) is 5.92. The summed E-state index contributed by atoms with van der Waals surface area (Å²) in [6, 6.07) is 4.38. The molecule has 2 heterocycles. The number of aromatic nitrogens is 2. The Morgan fingerprint density at radius 1 is 1.38 bits per heavy atom. The molecule has 0 spiro atoms. The zero-order valence-electron chi connectivity index (χ0n) is 14.3. The van der Waals surface area contributed by atoms with Crippen molar-refractivity contribution in [1.29, 1.82) is 0 Å². The van der Waals surface area contributed by atoms with Crippen molar-refractivity contribution in [2.24, 2.45) is 10.7 Å². The number of nitrogens with one attached hydrogen (secondary N) is 1. The lowest BCUT2D eigenvalue weighted by Crippen LogP contribution is -2.29. The van der Waals surface area contributed by atoms with E-state index in [1.165, 1.54) is 43.4 Å². The fourth-order valence-electron chi connectivity index (χ4n) is 2.63. The fraction of sp³-hybridized carbons (Fsp3) is 0.294. The van der Waals surface area contributed by atoms with Gasteiger partial charge >= 0.3 is 0 Å². The van der Waals surface area contributed by atoms with E-state index < -0.39 is 17.3 Å². The molecule has 1 aliphatic rings. The highest BCUT2D eigenvalue weighted by molar-refractivity contribution is 8.13. The van der Waals surface area contributed by atoms with Crippen LogP contribution in [0.5, 0.6) is 5.88 Å². The summed E-state index contributed by atoms with van der Waals surface area (Å²) in [7, 11) is 1.46. The number of methoxy groups -OCH3 is 1. The number of amidine groups is 1. The second kappa shape index (κ2) is 7.28. The summed E-state index contributed by atoms with van der Waals surface area (Å²) in [6.45, 7) is 1.83. The molecular formula is C17H18FN5O2S. The van der Waals surface area contributed by atoms with Gasteiger partial charge in [-0.1, -0.05) is 11.8 Å². The molecule has 0 radical (unpaired) electrons. The zero-order chi connectivity index (χ0) is 18.7. The Morgan fingerprint density at radius 2 is 2.19 bits per heavy atom. The highest BCUT2D eigenvalue weighted by atomic mass is 32.2. The Balaban J connectivity index is 1.85. The van der Waals surface area contributed by atoms with E-state index in [9.17, 15) is 9.18 Å². The van der Waals surface area contributed by atoms with Gasteiger partial charge in [0.1, 0.15) is 11.5 Å². The van der Waals surface area contributed by atoms with Crippen LogP contribution in [0.15, 0.2) is 35.6 Å². The summed E-state index contributed by atoms with van der Waals surface area (Å²) >= 11 is 1.45. The van der Waals surface area contributed by atoms with E-state index in [0.717, 1.165) is 5.75 Å². The van der Waals surface area contributed by atoms with Crippen LogP contribution in [0.4, 0.5) is 10.1 Å². The Bertz CT molecular complexity index is 859. The summed E-state index contributed by atoms with van der Waals surface area (Å²) in [5.41, 5.74) is 6.00. The molecule has 1 aliphatic heterocycles. The fourth-order valence-corrected chi connectivity index (χ4v) is 3.61. The first-order chi connectivity index (χ1) is 12.4. The molecule has 1 amide bonds. The van der Waals surface area contributed by atoms with E-state index in [-0.39, 0.29) is 5.69 Å². The average molecular weight is 375 g/mol. The SMILES string of the molecule is COc1cnc(C(=O)Nc2ccc(F)c(C3(C)CCSC(N)=N3)c2)cn1. The molecule has 7 nitrogen and oxygen atoms in total. The van der Waals surface area contributed by atoms with Crippen molar-refractivity contribution >= 4 is 28.5 Å². The molecule has 0 saturated carbocycles. The largest absolute Gasteiger partial charge is 0.480 e. The van der Waals surface area contributed by atoms with Gasteiger partial charge in [-0.3, -0.25) is 9.79 Å². The van der Waals surface area contributed by atoms with Crippen LogP contribution >= 0.6 is 11.8 Å². The van der Waals surface area contributed by atoms with Crippen LogP contribution in [0.1, 0.15) is 29.4 Å². The van der Waals surface area contributed by atoms with E-state index in [1.54, 1.807) is 6.07 Å². The third-order valence-corrected chi connectivity index (χ3v) is 4.87. The molecule has 1 unspecified atom stereocenters. The molecule has 2 aromatic rings. The number of carbonyl (C=O) groups is 1. The van der Waals surface area contributed by atoms with Gasteiger partial charge in [0.15, 0.2) is 5.17 Å². The molecule has 1 aromatic carbocycles. The average Bonchev–Trinajstić information content (AvgIpc) is 2.63. The Labute approximate surface area is 154 Å². The standard InChI is InChI=1S/C17H18FN5O2S/c1-17(5-6-26-16(19)23-17)11-7-10(3-4-12(11)18)22-15(24)13-8-21-14(25-2)9-20-13/h3-4,7-9H,5-6H2,1-2H3,(H2,19,23)(H,22,24). The third kappa shape index (κ3) is 3.77. The highest BCUT2D eigenvalue weighted by Crippen LogP contribution is 2.37. The van der Waals surface area contributed by atoms with Gasteiger partial charge in [0.2, 0.25) is 5.88 Å². The number of aliphatic imine (C=N–C) groups is 1. The minimum atomic E-state index is -0.764. The number of hydrogen-bond acceptors (Lipinski definition) is 7. The molecule has 1 aromatic heterocycles. The van der Waals surface area contributed by atoms with Crippen molar-refractivity contribution in [2.75, 3.05) is 18.2 Å². The Morgan fingerprint density at radius 3 is 2.85 bits per heavy atom. The number of halogens is 1. The van der Waals surface area contributed by atoms with Crippen LogP contribution in [0.2, 0.25) is 0 Å². The number of hydrogen-bond donors (Lipinski definition) is 2. The molecular weight excluding hydrogens is 357 g/mol. The third-order valence-electron chi connectivity index (χ3n) is 4.07. The van der Waals surface area contributed by atoms with Gasteiger partial charge in [0, 0.05) is 17.0 Å². The van der Waals surface area contributed by atoms with Crippen molar-refractivity contribution in [2.45, 2.75) is 18.9 Å². The smallest absolute Gasteiger partial charge is 0.275 e. The minimum Gasteiger partial charge on any atom is -0.480 e. The molecule has 136 valence electrons. The van der Waals surface area contributed by atoms with Crippen molar-refractivity contribution in [3.05, 3.63) is 47.7 Å². The van der Waals surface area contributed by atoms with Gasteiger partial charge in [-0.2, -0.15) is 0 Å². The van der Waals surface area contributed by atoms with Crippen LogP contribution in [0.25, 0.3) is 0 Å². The summed E-state index contributed by atoms with van der Waals surface area (Å²) < 4.78 is 19.3. The van der Waals surface area contributed by atoms with Gasteiger partial charge in [-0.15, -0.1) is 0 Å². The molecule has 1 atom stereocenters. The number of rotatable bonds is 4. The van der Waals surface area contributed by atoms with Crippen molar-refractivity contribution in [1.82, 2.24) is 9.97 Å². The molecule has 3 rings (SSSR count). The number of benzene rings is 1. The number of anilines is 1. The van der Waals surface area contributed by atoms with Gasteiger partial charge < -0.3 is 15.8 Å². The number of amides is 1. The van der Waals surface area contributed by atoms with E-state index in [1.807, 2.05) is 6.92 Å². The van der Waals surface area contributed by atoms with Crippen LogP contribution in [-0.2, 0) is 5.54 Å². The first-order valence-electron chi connectivity index (χ1n) is 7.87. The Hall–Kier alpha value is -2.68. The van der Waals surface area contributed by atoms with Crippen molar-refractivity contribution in [3.63, 3.8) is 0 Å². The number of ether oxygens (including phenoxy) is 1. The first-order valence-corrected chi connectivity index (χ1v) is 8.85. The lowest BCUT2D eigenvalue weighted by Gasteiger charge is -2.30. The molecule has 9 heteroatoms. The highest BCUT2D eigenvalue weighted by Gasteiger charge is 2.32. The summed E-state index contributed by atoms with van der Waals surface area (Å²) in [6.07, 6.45) is 3.31. The summed E-state index contributed by atoms with van der Waals surface area (Å²) in [4.78, 5) is 24.7. The maximum absolute atomic E-state index is 14.4. The molecule has 26 heavy (non-hydrogen) atoms. The lowest BCUT2D eigenvalue weighted by molar-refractivity contribution is 0.102. The van der Waals surface area contributed by atoms with Crippen molar-refractivity contribution in [3.8, 4) is 5.88 Å². The minimum absolute atomic E-state index is 0.124. The molecule has 0 aliphatic carbocycles. The summed E-state index contributed by atoms with van der Waals surface area (Å²) in [5.74, 6) is 0.218. The second-order valence-corrected chi connectivity index (χ2v) is 7.03. The number of nitrogens with two attached hydrogens (primary N) is 1. The van der Waals surface area contributed by atoms with Gasteiger partial charge in [-0.25, -0.2) is 14.4 Å². The maximum atomic E-state index is 14.4. The number of thioether (sulfide) groups is 1. The first kappa shape index (κ1) is 18.1. The maximum Gasteiger partial charge on any atom is 0.275 e. The van der Waals surface area contributed by atoms with Gasteiger partial charge in [0.05, 0.1) is 25.0 Å². The predicted octanol–water partition coefficient (Wildman–Crippen LogP) is 2.54. The van der Waals surface area contributed by atoms with E-state index in [0.29, 0.717) is 28.7 Å². The van der Waals surface area contributed by atoms with Crippen molar-refractivity contribution < 1.29 is 13.9 Å². The Kier molecular flexibility index (Phi) is 5.08. The van der Waals surface area contributed by atoms with E-state index in [2.05, 4.69) is 20.3 Å². The van der Waals surface area contributed by atoms with Crippen LogP contribution in [0.3, 0.4) is 0 Å². The molecule has 3 N–H and O–H groups in total. The van der Waals surface area contributed by atoms with E-state index in [4.69, 9.17) is 10.5 Å². The van der Waals surface area contributed by atoms with Crippen LogP contribution < -0.4 is 15.8 Å². The normalized spacial score (nSPS) is 19.6. The molecule has 0 saturated heterocycles. The molecule has 0 bridgehead atoms. The molecule has 0 fully saturated rings. The topological polar surface area (TPSA) is 102 Å². The zero-order valence-corrected chi connectivity index (χ0v) is 15.1. The van der Waals surface area contributed by atoms with Gasteiger partial charge in [0.25, 0.3) is 5.91 Å². The van der Waals surface area contributed by atoms with Crippen LogP contribution in [-0.4, -0.2) is 33.9 Å². The predicted molar refractivity (Wildman–Crippen MR) is 99.0 cm³/mol. The van der Waals surface area contributed by atoms with Crippen LogP contribution in [0, 0.1) is 5.82 Å². The quantitative estimate of drug-likeness (QED) is 0.851. The number of carbonyl (C=O) groups excluding carboxylic acids is 1. The van der Waals surface area contributed by atoms with Gasteiger partial charge in [-0.05, 0) is 31.5 Å². The lowest BCUT2D eigenvalue weighted by atomic mass is 9.89. The monoisotopic (exact) mass is 375 g/mol. The summed E-state index contributed by atoms with van der Waals surface area (Å²) in [5, 5.41) is 3.13. The number of nitrogens with zero attached hydrogens (tertiary/aromatic N) is 3.